The third-order valence-electron chi connectivity index (χ3n) is 9.21. The van der Waals surface area contributed by atoms with Gasteiger partial charge in [-0.25, -0.2) is 17.8 Å². The minimum absolute atomic E-state index is 0.0667. The number of rotatable bonds is 9. The average Bonchev–Trinajstić information content (AvgIpc) is 3.70. The summed E-state index contributed by atoms with van der Waals surface area (Å²) in [6.07, 6.45) is 0.343. The largest absolute Gasteiger partial charge is 0.488 e. The second kappa shape index (κ2) is 12.2. The summed E-state index contributed by atoms with van der Waals surface area (Å²) in [5, 5.41) is 20.7. The van der Waals surface area contributed by atoms with Crippen molar-refractivity contribution in [1.29, 1.82) is 0 Å². The van der Waals surface area contributed by atoms with Gasteiger partial charge < -0.3 is 10.5 Å². The Labute approximate surface area is 273 Å². The Hall–Kier alpha value is -4.69. The van der Waals surface area contributed by atoms with Gasteiger partial charge in [-0.15, -0.1) is 10.2 Å². The summed E-state index contributed by atoms with van der Waals surface area (Å²) in [7, 11) is -3.86. The van der Waals surface area contributed by atoms with Crippen molar-refractivity contribution < 1.29 is 17.9 Å². The molecule has 3 heterocycles. The standard InChI is InChI=1S/C33H39N9O4S/c1-7-24-19-40(47(44,45)28-12-10-9-11-27(28)46-24)18-23-17-22(14-13-20(23)3)29(33(5,6)42-32(31(34)43)36-37-39-42)25-15-16-26-30(21(25)4)35-38-41(26)8-2/h9-17,24,29H,7-8,18-19H2,1-6H3,(H2,34,43)/t24-,29+/m1/s1. The van der Waals surface area contributed by atoms with Gasteiger partial charge in [-0.3, -0.25) is 4.79 Å². The van der Waals surface area contributed by atoms with Gasteiger partial charge in [0.2, 0.25) is 15.8 Å². The SMILES string of the molecule is CC[C@@H]1CN(Cc2cc([C@@H](c3ccc4c(nnn4CC)c3C)C(C)(C)n3nnnc3C(N)=O)ccc2C)S(=O)(=O)c2ccccc2O1. The zero-order valence-corrected chi connectivity index (χ0v) is 28.2. The highest BCUT2D eigenvalue weighted by Crippen LogP contribution is 2.43. The number of benzene rings is 3. The van der Waals surface area contributed by atoms with Gasteiger partial charge in [-0.2, -0.15) is 4.31 Å². The van der Waals surface area contributed by atoms with Crippen molar-refractivity contribution in [1.82, 2.24) is 39.5 Å². The number of sulfonamides is 1. The van der Waals surface area contributed by atoms with Gasteiger partial charge in [0, 0.05) is 19.0 Å². The minimum atomic E-state index is -3.86. The number of carbonyl (C=O) groups is 1. The van der Waals surface area contributed by atoms with E-state index < -0.39 is 27.4 Å². The summed E-state index contributed by atoms with van der Waals surface area (Å²) >= 11 is 0. The number of para-hydroxylation sites is 1. The first kappa shape index (κ1) is 32.3. The van der Waals surface area contributed by atoms with Crippen molar-refractivity contribution in [2.24, 2.45) is 5.73 Å². The third-order valence-corrected chi connectivity index (χ3v) is 11.1. The Balaban J connectivity index is 1.51. The van der Waals surface area contributed by atoms with Crippen molar-refractivity contribution in [3.8, 4) is 5.75 Å². The van der Waals surface area contributed by atoms with Crippen molar-refractivity contribution in [3.05, 3.63) is 88.2 Å². The van der Waals surface area contributed by atoms with Crippen molar-refractivity contribution in [2.45, 2.75) is 83.5 Å². The molecule has 14 heteroatoms. The molecule has 0 fully saturated rings. The summed E-state index contributed by atoms with van der Waals surface area (Å²) in [4.78, 5) is 12.6. The first-order chi connectivity index (χ1) is 22.4. The van der Waals surface area contributed by atoms with Crippen LogP contribution in [0.1, 0.15) is 78.5 Å². The van der Waals surface area contributed by atoms with E-state index in [1.165, 1.54) is 8.99 Å². The van der Waals surface area contributed by atoms with Crippen LogP contribution in [0.4, 0.5) is 0 Å². The summed E-state index contributed by atoms with van der Waals surface area (Å²) < 4.78 is 39.0. The molecule has 47 heavy (non-hydrogen) atoms. The van der Waals surface area contributed by atoms with Crippen molar-refractivity contribution in [3.63, 3.8) is 0 Å². The summed E-state index contributed by atoms with van der Waals surface area (Å²) in [5.74, 6) is -0.869. The quantitative estimate of drug-likeness (QED) is 0.246. The predicted octanol–water partition coefficient (Wildman–Crippen LogP) is 4.08. The Kier molecular flexibility index (Phi) is 8.34. The fraction of sp³-hybridized carbons (Fsp3) is 0.394. The number of fused-ring (bicyclic) bond motifs is 2. The molecule has 3 aromatic carbocycles. The molecule has 0 unspecified atom stereocenters. The molecule has 0 saturated carbocycles. The molecule has 2 atom stereocenters. The molecule has 246 valence electrons. The van der Waals surface area contributed by atoms with Crippen molar-refractivity contribution >= 4 is 27.0 Å². The monoisotopic (exact) mass is 657 g/mol. The van der Waals surface area contributed by atoms with Crippen LogP contribution < -0.4 is 10.5 Å². The second-order valence-electron chi connectivity index (χ2n) is 12.5. The van der Waals surface area contributed by atoms with E-state index in [4.69, 9.17) is 10.5 Å². The molecular formula is C33H39N9O4S. The van der Waals surface area contributed by atoms with Crippen LogP contribution in [0, 0.1) is 13.8 Å². The van der Waals surface area contributed by atoms with Crippen LogP contribution >= 0.6 is 0 Å². The van der Waals surface area contributed by atoms with Gasteiger partial charge in [0.05, 0.1) is 17.6 Å². The zero-order valence-electron chi connectivity index (χ0n) is 27.4. The van der Waals surface area contributed by atoms with Crippen LogP contribution in [0.15, 0.2) is 59.5 Å². The van der Waals surface area contributed by atoms with Gasteiger partial charge in [0.1, 0.15) is 22.3 Å². The van der Waals surface area contributed by atoms with Crippen LogP contribution in [0.3, 0.4) is 0 Å². The maximum atomic E-state index is 14.0. The highest BCUT2D eigenvalue weighted by molar-refractivity contribution is 7.89. The second-order valence-corrected chi connectivity index (χ2v) is 14.4. The molecule has 1 aliphatic heterocycles. The number of hydrogen-bond donors (Lipinski definition) is 1. The molecule has 13 nitrogen and oxygen atoms in total. The Morgan fingerprint density at radius 2 is 1.83 bits per heavy atom. The number of primary amides is 1. The maximum Gasteiger partial charge on any atom is 0.288 e. The number of nitrogens with zero attached hydrogens (tertiary/aromatic N) is 8. The highest BCUT2D eigenvalue weighted by Gasteiger charge is 2.40. The molecule has 0 aliphatic carbocycles. The van der Waals surface area contributed by atoms with E-state index in [9.17, 15) is 13.2 Å². The lowest BCUT2D eigenvalue weighted by molar-refractivity contribution is 0.0973. The number of hydrogen-bond acceptors (Lipinski definition) is 9. The lowest BCUT2D eigenvalue weighted by Gasteiger charge is -2.36. The fourth-order valence-corrected chi connectivity index (χ4v) is 8.15. The van der Waals surface area contributed by atoms with E-state index in [0.717, 1.165) is 38.9 Å². The smallest absolute Gasteiger partial charge is 0.288 e. The molecule has 1 amide bonds. The molecule has 6 rings (SSSR count). The van der Waals surface area contributed by atoms with Crippen LogP contribution in [0.2, 0.25) is 0 Å². The molecule has 0 bridgehead atoms. The molecule has 2 N–H and O–H groups in total. The number of ether oxygens (including phenoxy) is 1. The van der Waals surface area contributed by atoms with E-state index in [-0.39, 0.29) is 29.9 Å². The summed E-state index contributed by atoms with van der Waals surface area (Å²) in [6.45, 7) is 12.9. The van der Waals surface area contributed by atoms with Gasteiger partial charge in [0.25, 0.3) is 5.91 Å². The van der Waals surface area contributed by atoms with E-state index in [0.29, 0.717) is 18.7 Å². The topological polar surface area (TPSA) is 164 Å². The van der Waals surface area contributed by atoms with E-state index in [1.807, 2.05) is 76.6 Å². The van der Waals surface area contributed by atoms with Crippen LogP contribution in [0.5, 0.6) is 5.75 Å². The minimum Gasteiger partial charge on any atom is -0.488 e. The number of carbonyl (C=O) groups excluding carboxylic acids is 1. The fourth-order valence-electron chi connectivity index (χ4n) is 6.58. The number of aryl methyl sites for hydroxylation is 3. The van der Waals surface area contributed by atoms with E-state index in [1.54, 1.807) is 24.3 Å². The van der Waals surface area contributed by atoms with Crippen LogP contribution in [0.25, 0.3) is 11.0 Å². The molecule has 1 aliphatic rings. The number of aromatic nitrogens is 7. The van der Waals surface area contributed by atoms with Gasteiger partial charge in [-0.05, 0) is 97.5 Å². The normalized spacial score (nSPS) is 17.2. The first-order valence-electron chi connectivity index (χ1n) is 15.6. The Morgan fingerprint density at radius 3 is 2.55 bits per heavy atom. The summed E-state index contributed by atoms with van der Waals surface area (Å²) in [5.41, 5.74) is 11.0. The van der Waals surface area contributed by atoms with E-state index >= 15 is 0 Å². The molecule has 0 radical (unpaired) electrons. The van der Waals surface area contributed by atoms with Crippen LogP contribution in [-0.4, -0.2) is 66.5 Å². The summed E-state index contributed by atoms with van der Waals surface area (Å²) in [6, 6.07) is 16.9. The predicted molar refractivity (Wildman–Crippen MR) is 175 cm³/mol. The van der Waals surface area contributed by atoms with Crippen LogP contribution in [-0.2, 0) is 28.7 Å². The van der Waals surface area contributed by atoms with Gasteiger partial charge in [0.15, 0.2) is 0 Å². The average molecular weight is 658 g/mol. The lowest BCUT2D eigenvalue weighted by atomic mass is 9.75. The van der Waals surface area contributed by atoms with Gasteiger partial charge >= 0.3 is 0 Å². The molecular weight excluding hydrogens is 618 g/mol. The molecule has 0 spiro atoms. The first-order valence-corrected chi connectivity index (χ1v) is 17.1. The Morgan fingerprint density at radius 1 is 1.06 bits per heavy atom. The number of tetrazole rings is 1. The number of nitrogens with two attached hydrogens (primary N) is 1. The highest BCUT2D eigenvalue weighted by atomic mass is 32.2. The maximum absolute atomic E-state index is 14.0. The Bertz CT molecular complexity index is 2090. The van der Waals surface area contributed by atoms with Crippen molar-refractivity contribution in [2.75, 3.05) is 6.54 Å². The zero-order chi connectivity index (χ0) is 33.7. The molecule has 5 aromatic rings. The van der Waals surface area contributed by atoms with E-state index in [2.05, 4.69) is 25.8 Å². The lowest BCUT2D eigenvalue weighted by Crippen LogP contribution is -2.39. The van der Waals surface area contributed by atoms with Gasteiger partial charge in [-0.1, -0.05) is 48.5 Å². The third kappa shape index (κ3) is 5.54. The molecule has 0 saturated heterocycles. The number of amides is 1. The molecule has 2 aromatic heterocycles.